The summed E-state index contributed by atoms with van der Waals surface area (Å²) in [5.41, 5.74) is 3.08. The van der Waals surface area contributed by atoms with Gasteiger partial charge in [0.25, 0.3) is 0 Å². The molecule has 2 aromatic heterocycles. The average Bonchev–Trinajstić information content (AvgIpc) is 2.61. The van der Waals surface area contributed by atoms with Crippen LogP contribution in [0.15, 0.2) is 36.8 Å². The molecule has 3 rings (SSSR count). The molecule has 0 amide bonds. The van der Waals surface area contributed by atoms with Gasteiger partial charge in [0.2, 0.25) is 0 Å². The molecule has 1 fully saturated rings. The van der Waals surface area contributed by atoms with Crippen LogP contribution in [0.4, 0.5) is 0 Å². The summed E-state index contributed by atoms with van der Waals surface area (Å²) < 4.78 is 0. The number of hydrogen-bond acceptors (Lipinski definition) is 5. The molecule has 1 aliphatic carbocycles. The summed E-state index contributed by atoms with van der Waals surface area (Å²) in [6, 6.07) is 5.93. The van der Waals surface area contributed by atoms with Gasteiger partial charge in [-0.1, -0.05) is 38.2 Å². The number of nitrogens with zero attached hydrogens (tertiary/aromatic N) is 3. The highest BCUT2D eigenvalue weighted by Crippen LogP contribution is 2.26. The molecule has 0 aromatic carbocycles. The molecule has 0 unspecified atom stereocenters. The van der Waals surface area contributed by atoms with Gasteiger partial charge in [-0.15, -0.1) is 5.06 Å². The first-order chi connectivity index (χ1) is 12.7. The van der Waals surface area contributed by atoms with Gasteiger partial charge in [-0.3, -0.25) is 4.98 Å². The molecule has 0 aliphatic heterocycles. The largest absolute Gasteiger partial charge is 0.376 e. The Kier molecular flexibility index (Phi) is 6.34. The fourth-order valence-electron chi connectivity index (χ4n) is 3.61. The van der Waals surface area contributed by atoms with Gasteiger partial charge in [0, 0.05) is 37.2 Å². The van der Waals surface area contributed by atoms with Crippen LogP contribution < -0.4 is 0 Å². The predicted octanol–water partition coefficient (Wildman–Crippen LogP) is 4.57. The van der Waals surface area contributed by atoms with Crippen molar-refractivity contribution in [3.63, 3.8) is 0 Å². The van der Waals surface area contributed by atoms with E-state index in [1.807, 2.05) is 32.2 Å². The fraction of sp³-hybridized carbons (Fsp3) is 0.476. The van der Waals surface area contributed by atoms with E-state index in [1.165, 1.54) is 32.1 Å². The lowest BCUT2D eigenvalue weighted by molar-refractivity contribution is -0.123. The van der Waals surface area contributed by atoms with Crippen LogP contribution in [-0.2, 0) is 4.84 Å². The second-order valence-electron chi connectivity index (χ2n) is 7.01. The molecule has 0 N–H and O–H groups in total. The van der Waals surface area contributed by atoms with Crippen molar-refractivity contribution < 1.29 is 9.63 Å². The van der Waals surface area contributed by atoms with Gasteiger partial charge in [0.1, 0.15) is 0 Å². The van der Waals surface area contributed by atoms with Crippen LogP contribution in [0.1, 0.15) is 61.0 Å². The summed E-state index contributed by atoms with van der Waals surface area (Å²) in [6.45, 7) is 1.98. The van der Waals surface area contributed by atoms with Crippen LogP contribution in [0, 0.1) is 6.92 Å². The topological polar surface area (TPSA) is 55.3 Å². The molecule has 0 radical (unpaired) electrons. The first-order valence-corrected chi connectivity index (χ1v) is 9.48. The Hall–Kier alpha value is -2.27. The standard InChI is InChI=1S/C21H27N3O2/c1-16-15-22-14-12-18(16)19-11-8-13-23-20(19)21(25)26-24(2)17-9-6-4-3-5-7-10-17/h8,11-15,17H,3-7,9-10H2,1-2H3. The Balaban J connectivity index is 1.77. The van der Waals surface area contributed by atoms with Crippen LogP contribution in [0.3, 0.4) is 0 Å². The minimum Gasteiger partial charge on any atom is -0.363 e. The first kappa shape index (κ1) is 18.5. The van der Waals surface area contributed by atoms with Crippen molar-refractivity contribution in [2.75, 3.05) is 7.05 Å². The zero-order valence-electron chi connectivity index (χ0n) is 15.6. The van der Waals surface area contributed by atoms with Crippen LogP contribution >= 0.6 is 0 Å². The summed E-state index contributed by atoms with van der Waals surface area (Å²) >= 11 is 0. The Morgan fingerprint density at radius 3 is 2.54 bits per heavy atom. The molecule has 5 nitrogen and oxygen atoms in total. The molecule has 0 bridgehead atoms. The maximum Gasteiger partial charge on any atom is 0.376 e. The third kappa shape index (κ3) is 4.47. The Morgan fingerprint density at radius 1 is 1.08 bits per heavy atom. The molecule has 5 heteroatoms. The van der Waals surface area contributed by atoms with Gasteiger partial charge in [-0.2, -0.15) is 0 Å². The Labute approximate surface area is 155 Å². The molecular formula is C21H27N3O2. The maximum absolute atomic E-state index is 12.8. The minimum atomic E-state index is -0.402. The van der Waals surface area contributed by atoms with E-state index in [0.29, 0.717) is 5.69 Å². The zero-order chi connectivity index (χ0) is 18.4. The van der Waals surface area contributed by atoms with E-state index in [9.17, 15) is 4.79 Å². The summed E-state index contributed by atoms with van der Waals surface area (Å²) in [6.07, 6.45) is 13.5. The van der Waals surface area contributed by atoms with Crippen LogP contribution in [0.2, 0.25) is 0 Å². The normalized spacial score (nSPS) is 16.1. The van der Waals surface area contributed by atoms with E-state index in [-0.39, 0.29) is 6.04 Å². The number of rotatable bonds is 4. The third-order valence-electron chi connectivity index (χ3n) is 5.13. The second kappa shape index (κ2) is 8.90. The zero-order valence-corrected chi connectivity index (χ0v) is 15.6. The summed E-state index contributed by atoms with van der Waals surface area (Å²) in [4.78, 5) is 26.9. The number of carbonyl (C=O) groups is 1. The van der Waals surface area contributed by atoms with E-state index in [0.717, 1.165) is 29.5 Å². The number of aromatic nitrogens is 2. The van der Waals surface area contributed by atoms with Gasteiger partial charge < -0.3 is 4.84 Å². The molecule has 2 heterocycles. The molecular weight excluding hydrogens is 326 g/mol. The van der Waals surface area contributed by atoms with E-state index < -0.39 is 5.97 Å². The second-order valence-corrected chi connectivity index (χ2v) is 7.01. The summed E-state index contributed by atoms with van der Waals surface area (Å²) in [7, 11) is 1.87. The molecule has 0 spiro atoms. The summed E-state index contributed by atoms with van der Waals surface area (Å²) in [5, 5.41) is 1.74. The number of pyridine rings is 2. The van der Waals surface area contributed by atoms with Gasteiger partial charge in [0.15, 0.2) is 5.69 Å². The van der Waals surface area contributed by atoms with Crippen molar-refractivity contribution in [1.82, 2.24) is 15.0 Å². The number of carbonyl (C=O) groups excluding carboxylic acids is 1. The van der Waals surface area contributed by atoms with Crippen LogP contribution in [-0.4, -0.2) is 34.1 Å². The molecule has 0 saturated heterocycles. The van der Waals surface area contributed by atoms with Gasteiger partial charge in [0.05, 0.1) is 0 Å². The average molecular weight is 353 g/mol. The monoisotopic (exact) mass is 353 g/mol. The smallest absolute Gasteiger partial charge is 0.363 e. The van der Waals surface area contributed by atoms with E-state index in [4.69, 9.17) is 4.84 Å². The lowest BCUT2D eigenvalue weighted by Crippen LogP contribution is -2.34. The lowest BCUT2D eigenvalue weighted by Gasteiger charge is -2.28. The van der Waals surface area contributed by atoms with E-state index in [2.05, 4.69) is 9.97 Å². The van der Waals surface area contributed by atoms with Crippen molar-refractivity contribution in [2.45, 2.75) is 57.9 Å². The van der Waals surface area contributed by atoms with E-state index in [1.54, 1.807) is 23.7 Å². The fourth-order valence-corrected chi connectivity index (χ4v) is 3.61. The minimum absolute atomic E-state index is 0.286. The maximum atomic E-state index is 12.8. The van der Waals surface area contributed by atoms with Crippen molar-refractivity contribution >= 4 is 5.97 Å². The van der Waals surface area contributed by atoms with Gasteiger partial charge >= 0.3 is 5.97 Å². The van der Waals surface area contributed by atoms with Crippen molar-refractivity contribution in [2.24, 2.45) is 0 Å². The van der Waals surface area contributed by atoms with Gasteiger partial charge in [-0.25, -0.2) is 9.78 Å². The molecule has 26 heavy (non-hydrogen) atoms. The van der Waals surface area contributed by atoms with Crippen molar-refractivity contribution in [3.8, 4) is 11.1 Å². The predicted molar refractivity (Wildman–Crippen MR) is 101 cm³/mol. The van der Waals surface area contributed by atoms with Crippen LogP contribution in [0.5, 0.6) is 0 Å². The van der Waals surface area contributed by atoms with E-state index >= 15 is 0 Å². The highest BCUT2D eigenvalue weighted by molar-refractivity contribution is 5.95. The SMILES string of the molecule is Cc1cnccc1-c1cccnc1C(=O)ON(C)C1CCCCCCC1. The molecule has 1 saturated carbocycles. The van der Waals surface area contributed by atoms with Gasteiger partial charge in [-0.05, 0) is 43.0 Å². The Bertz CT molecular complexity index is 740. The summed E-state index contributed by atoms with van der Waals surface area (Å²) in [5.74, 6) is -0.402. The molecule has 2 aromatic rings. The van der Waals surface area contributed by atoms with Crippen molar-refractivity contribution in [1.29, 1.82) is 0 Å². The number of hydroxylamine groups is 2. The third-order valence-corrected chi connectivity index (χ3v) is 5.13. The molecule has 0 atom stereocenters. The Morgan fingerprint density at radius 2 is 1.81 bits per heavy atom. The number of hydrogen-bond donors (Lipinski definition) is 0. The highest BCUT2D eigenvalue weighted by Gasteiger charge is 2.23. The molecule has 1 aliphatic rings. The first-order valence-electron chi connectivity index (χ1n) is 9.48. The van der Waals surface area contributed by atoms with Crippen molar-refractivity contribution in [3.05, 3.63) is 48.0 Å². The lowest BCUT2D eigenvalue weighted by atomic mass is 9.97. The number of aryl methyl sites for hydroxylation is 1. The van der Waals surface area contributed by atoms with Crippen LogP contribution in [0.25, 0.3) is 11.1 Å². The molecule has 138 valence electrons. The highest BCUT2D eigenvalue weighted by atomic mass is 16.7. The quantitative estimate of drug-likeness (QED) is 0.754.